The van der Waals surface area contributed by atoms with Crippen molar-refractivity contribution in [2.45, 2.75) is 44.2 Å². The van der Waals surface area contributed by atoms with Crippen LogP contribution < -0.4 is 20.7 Å². The molecule has 0 radical (unpaired) electrons. The number of hydrogen-bond acceptors (Lipinski definition) is 5. The number of rotatable bonds is 10. The molecule has 0 unspecified atom stereocenters. The van der Waals surface area contributed by atoms with Crippen molar-refractivity contribution >= 4 is 46.4 Å². The van der Waals surface area contributed by atoms with Gasteiger partial charge in [-0.15, -0.1) is 12.6 Å². The Labute approximate surface area is 196 Å². The highest BCUT2D eigenvalue weighted by molar-refractivity contribution is 7.96. The van der Waals surface area contributed by atoms with Crippen molar-refractivity contribution in [3.63, 3.8) is 0 Å². The smallest absolute Gasteiger partial charge is 0.268 e. The molecule has 9 nitrogen and oxygen atoms in total. The number of carbonyl (C=O) groups is 4. The lowest BCUT2D eigenvalue weighted by atomic mass is 9.98. The van der Waals surface area contributed by atoms with E-state index in [4.69, 9.17) is 4.74 Å². The van der Waals surface area contributed by atoms with Gasteiger partial charge in [0.1, 0.15) is 17.5 Å². The molecule has 1 saturated carbocycles. The summed E-state index contributed by atoms with van der Waals surface area (Å²) in [6, 6.07) is 5.46. The maximum Gasteiger partial charge on any atom is 0.268 e. The molecule has 0 bridgehead atoms. The van der Waals surface area contributed by atoms with Crippen LogP contribution in [0.3, 0.4) is 0 Å². The van der Waals surface area contributed by atoms with E-state index >= 15 is 0 Å². The van der Waals surface area contributed by atoms with E-state index in [1.54, 1.807) is 19.2 Å². The van der Waals surface area contributed by atoms with Crippen LogP contribution in [0.25, 0.3) is 10.9 Å². The van der Waals surface area contributed by atoms with Crippen LogP contribution in [0.4, 0.5) is 0 Å². The second kappa shape index (κ2) is 9.86. The van der Waals surface area contributed by atoms with Crippen molar-refractivity contribution in [3.05, 3.63) is 30.0 Å². The summed E-state index contributed by atoms with van der Waals surface area (Å²) in [5.41, 5.74) is 1.06. The first kappa shape index (κ1) is 23.2. The molecule has 4 rings (SSSR count). The largest absolute Gasteiger partial charge is 0.496 e. The lowest BCUT2D eigenvalue weighted by Crippen LogP contribution is -2.51. The predicted octanol–water partition coefficient (Wildman–Crippen LogP) is 1.54. The molecular weight excluding hydrogens is 444 g/mol. The zero-order valence-electron chi connectivity index (χ0n) is 18.3. The Balaban J connectivity index is 1.46. The van der Waals surface area contributed by atoms with Crippen molar-refractivity contribution < 1.29 is 23.9 Å². The van der Waals surface area contributed by atoms with Crippen LogP contribution in [-0.4, -0.2) is 53.6 Å². The summed E-state index contributed by atoms with van der Waals surface area (Å²) < 4.78 is 5.35. The number of benzene rings is 1. The van der Waals surface area contributed by atoms with E-state index in [0.29, 0.717) is 36.7 Å². The Morgan fingerprint density at radius 3 is 2.58 bits per heavy atom. The molecule has 0 spiro atoms. The fraction of sp³-hybridized carbons (Fsp3) is 0.478. The summed E-state index contributed by atoms with van der Waals surface area (Å²) in [4.78, 5) is 53.1. The van der Waals surface area contributed by atoms with Crippen LogP contribution >= 0.6 is 12.6 Å². The van der Waals surface area contributed by atoms with Gasteiger partial charge in [0.2, 0.25) is 16.9 Å². The number of carbonyl (C=O) groups excluding carboxylic acids is 4. The number of nitrogens with one attached hydrogen (secondary N) is 4. The third kappa shape index (κ3) is 5.50. The molecule has 1 aliphatic heterocycles. The van der Waals surface area contributed by atoms with Crippen molar-refractivity contribution in [3.8, 4) is 5.75 Å². The summed E-state index contributed by atoms with van der Waals surface area (Å²) in [6.45, 7) is 0.556. The second-order valence-corrected chi connectivity index (χ2v) is 9.16. The number of H-pyrrole nitrogens is 1. The molecule has 33 heavy (non-hydrogen) atoms. The lowest BCUT2D eigenvalue weighted by Gasteiger charge is -2.23. The first-order valence-electron chi connectivity index (χ1n) is 11.1. The molecule has 2 aliphatic rings. The summed E-state index contributed by atoms with van der Waals surface area (Å²) in [5.74, 6) is -0.339. The molecule has 3 amide bonds. The van der Waals surface area contributed by atoms with Crippen molar-refractivity contribution in [2.24, 2.45) is 11.8 Å². The minimum Gasteiger partial charge on any atom is -0.496 e. The van der Waals surface area contributed by atoms with Gasteiger partial charge in [0, 0.05) is 23.4 Å². The second-order valence-electron chi connectivity index (χ2n) is 8.72. The molecule has 2 heterocycles. The number of ether oxygens (including phenoxy) is 1. The van der Waals surface area contributed by atoms with Crippen LogP contribution in [0.1, 0.15) is 42.6 Å². The predicted molar refractivity (Wildman–Crippen MR) is 125 cm³/mol. The minimum absolute atomic E-state index is 0.124. The molecule has 2 aromatic rings. The van der Waals surface area contributed by atoms with E-state index in [1.165, 1.54) is 0 Å². The van der Waals surface area contributed by atoms with E-state index in [1.807, 2.05) is 12.1 Å². The van der Waals surface area contributed by atoms with Crippen LogP contribution in [-0.2, 0) is 14.4 Å². The molecule has 1 saturated heterocycles. The Hall–Kier alpha value is -3.01. The SMILES string of the molecule is COc1cccc2[nH]c(C(=O)N[C@@H](CC3CC3)C(=O)N[C@@H](C[C@@H]3CCNC3=O)C(=O)S)cc12. The topological polar surface area (TPSA) is 129 Å². The number of thiol groups is 1. The molecule has 1 aromatic carbocycles. The third-order valence-electron chi connectivity index (χ3n) is 6.27. The number of aromatic amines is 1. The first-order valence-corrected chi connectivity index (χ1v) is 11.6. The minimum atomic E-state index is -0.898. The fourth-order valence-corrected chi connectivity index (χ4v) is 4.40. The Bertz CT molecular complexity index is 1080. The van der Waals surface area contributed by atoms with Crippen LogP contribution in [0, 0.1) is 11.8 Å². The summed E-state index contributed by atoms with van der Waals surface area (Å²) in [5, 5.41) is 8.51. The average Bonchev–Trinajstić information content (AvgIpc) is 3.34. The van der Waals surface area contributed by atoms with E-state index in [9.17, 15) is 19.2 Å². The summed E-state index contributed by atoms with van der Waals surface area (Å²) in [7, 11) is 1.56. The molecule has 3 atom stereocenters. The number of amides is 3. The zero-order chi connectivity index (χ0) is 23.5. The number of hydrogen-bond donors (Lipinski definition) is 5. The van der Waals surface area contributed by atoms with Gasteiger partial charge in [0.05, 0.1) is 13.2 Å². The number of methoxy groups -OCH3 is 1. The van der Waals surface area contributed by atoms with Crippen molar-refractivity contribution in [2.75, 3.05) is 13.7 Å². The Morgan fingerprint density at radius 2 is 1.94 bits per heavy atom. The van der Waals surface area contributed by atoms with Crippen molar-refractivity contribution in [1.82, 2.24) is 20.9 Å². The van der Waals surface area contributed by atoms with Gasteiger partial charge in [0.25, 0.3) is 5.91 Å². The van der Waals surface area contributed by atoms with Crippen LogP contribution in [0.15, 0.2) is 24.3 Å². The molecular formula is C23H28N4O5S. The molecule has 2 fully saturated rings. The van der Waals surface area contributed by atoms with Gasteiger partial charge < -0.3 is 25.7 Å². The third-order valence-corrected chi connectivity index (χ3v) is 6.59. The molecule has 1 aromatic heterocycles. The molecule has 4 N–H and O–H groups in total. The van der Waals surface area contributed by atoms with E-state index < -0.39 is 29.0 Å². The van der Waals surface area contributed by atoms with Gasteiger partial charge >= 0.3 is 0 Å². The maximum absolute atomic E-state index is 13.1. The quantitative estimate of drug-likeness (QED) is 0.335. The van der Waals surface area contributed by atoms with Gasteiger partial charge in [-0.2, -0.15) is 0 Å². The van der Waals surface area contributed by atoms with Gasteiger partial charge in [-0.3, -0.25) is 19.2 Å². The van der Waals surface area contributed by atoms with E-state index in [-0.39, 0.29) is 18.2 Å². The highest BCUT2D eigenvalue weighted by Gasteiger charge is 2.34. The summed E-state index contributed by atoms with van der Waals surface area (Å²) in [6.07, 6.45) is 3.28. The molecule has 176 valence electrons. The Kier molecular flexibility index (Phi) is 6.92. The number of fused-ring (bicyclic) bond motifs is 1. The standard InChI is InChI=1S/C23H28N4O5S/c1-32-19-4-2-3-15-14(19)11-17(25-15)22(30)26-16(9-12-5-6-12)21(29)27-18(23(31)33)10-13-7-8-24-20(13)28/h2-4,11-13,16,18,25H,5-10H2,1H3,(H,24,28)(H,26,30)(H,27,29)(H,31,33)/t13-,16-,18-/m0/s1. The lowest BCUT2D eigenvalue weighted by molar-refractivity contribution is -0.128. The first-order chi connectivity index (χ1) is 15.9. The molecule has 1 aliphatic carbocycles. The normalized spacial score (nSPS) is 19.6. The highest BCUT2D eigenvalue weighted by atomic mass is 32.1. The average molecular weight is 473 g/mol. The fourth-order valence-electron chi connectivity index (χ4n) is 4.23. The maximum atomic E-state index is 13.1. The van der Waals surface area contributed by atoms with Crippen LogP contribution in [0.2, 0.25) is 0 Å². The highest BCUT2D eigenvalue weighted by Crippen LogP contribution is 2.34. The van der Waals surface area contributed by atoms with Crippen LogP contribution in [0.5, 0.6) is 5.75 Å². The van der Waals surface area contributed by atoms with E-state index in [2.05, 4.69) is 33.6 Å². The van der Waals surface area contributed by atoms with Gasteiger partial charge in [-0.1, -0.05) is 18.9 Å². The van der Waals surface area contributed by atoms with Gasteiger partial charge in [-0.25, -0.2) is 0 Å². The zero-order valence-corrected chi connectivity index (χ0v) is 19.2. The van der Waals surface area contributed by atoms with E-state index in [0.717, 1.165) is 23.7 Å². The van der Waals surface area contributed by atoms with Crippen molar-refractivity contribution in [1.29, 1.82) is 0 Å². The monoisotopic (exact) mass is 472 g/mol. The Morgan fingerprint density at radius 1 is 1.15 bits per heavy atom. The van der Waals surface area contributed by atoms with Gasteiger partial charge in [0.15, 0.2) is 0 Å². The molecule has 10 heteroatoms. The van der Waals surface area contributed by atoms with Gasteiger partial charge in [-0.05, 0) is 43.4 Å². The number of aromatic nitrogens is 1. The summed E-state index contributed by atoms with van der Waals surface area (Å²) >= 11 is 3.91.